The quantitative estimate of drug-likeness (QED) is 0.904. The van der Waals surface area contributed by atoms with E-state index in [0.717, 1.165) is 5.56 Å². The van der Waals surface area contributed by atoms with E-state index >= 15 is 0 Å². The van der Waals surface area contributed by atoms with E-state index in [-0.39, 0.29) is 24.5 Å². The number of hydrogen-bond acceptors (Lipinski definition) is 3. The highest BCUT2D eigenvalue weighted by Gasteiger charge is 2.33. The van der Waals surface area contributed by atoms with E-state index in [4.69, 9.17) is 33.7 Å². The minimum absolute atomic E-state index is 0.0736. The first kappa shape index (κ1) is 17.1. The lowest BCUT2D eigenvalue weighted by molar-refractivity contribution is -0.132. The summed E-state index contributed by atoms with van der Waals surface area (Å²) in [4.78, 5) is 14.1. The Morgan fingerprint density at radius 3 is 2.62 bits per heavy atom. The largest absolute Gasteiger partial charge is 0.482 e. The Balaban J connectivity index is 1.60. The number of carbonyl (C=O) groups is 1. The molecule has 0 saturated carbocycles. The van der Waals surface area contributed by atoms with Gasteiger partial charge in [0.1, 0.15) is 5.75 Å². The van der Waals surface area contributed by atoms with E-state index in [2.05, 4.69) is 0 Å². The van der Waals surface area contributed by atoms with Crippen LogP contribution in [0.25, 0.3) is 0 Å². The van der Waals surface area contributed by atoms with Crippen LogP contribution in [0, 0.1) is 0 Å². The predicted molar refractivity (Wildman–Crippen MR) is 95.7 cm³/mol. The van der Waals surface area contributed by atoms with Gasteiger partial charge >= 0.3 is 0 Å². The molecule has 1 fully saturated rings. The number of amides is 1. The van der Waals surface area contributed by atoms with Crippen LogP contribution in [0.3, 0.4) is 0 Å². The van der Waals surface area contributed by atoms with Crippen LogP contribution in [0.5, 0.6) is 5.75 Å². The molecule has 0 aromatic heterocycles. The molecule has 0 aliphatic carbocycles. The number of nitrogens with two attached hydrogens (primary N) is 1. The van der Waals surface area contributed by atoms with Crippen molar-refractivity contribution in [3.8, 4) is 5.75 Å². The summed E-state index contributed by atoms with van der Waals surface area (Å²) in [6.07, 6.45) is 0. The molecule has 1 heterocycles. The van der Waals surface area contributed by atoms with Crippen LogP contribution in [0.15, 0.2) is 48.5 Å². The maximum absolute atomic E-state index is 12.4. The van der Waals surface area contributed by atoms with Crippen molar-refractivity contribution in [2.75, 3.05) is 19.7 Å². The van der Waals surface area contributed by atoms with E-state index < -0.39 is 0 Å². The van der Waals surface area contributed by atoms with Crippen molar-refractivity contribution in [3.05, 3.63) is 64.1 Å². The van der Waals surface area contributed by atoms with Crippen molar-refractivity contribution in [3.63, 3.8) is 0 Å². The predicted octanol–water partition coefficient (Wildman–Crippen LogP) is 3.33. The molecule has 2 aromatic rings. The summed E-state index contributed by atoms with van der Waals surface area (Å²) in [5.41, 5.74) is 7.37. The molecule has 0 spiro atoms. The number of hydrogen-bond donors (Lipinski definition) is 1. The zero-order chi connectivity index (χ0) is 17.1. The van der Waals surface area contributed by atoms with Gasteiger partial charge in [-0.25, -0.2) is 0 Å². The van der Waals surface area contributed by atoms with Gasteiger partial charge in [0.25, 0.3) is 5.91 Å². The molecular weight excluding hydrogens is 347 g/mol. The summed E-state index contributed by atoms with van der Waals surface area (Å²) in [7, 11) is 0. The van der Waals surface area contributed by atoms with Crippen LogP contribution in [-0.4, -0.2) is 36.5 Å². The Bertz CT molecular complexity index is 724. The molecule has 0 unspecified atom stereocenters. The highest BCUT2D eigenvalue weighted by atomic mass is 35.5. The number of carbonyl (C=O) groups excluding carboxylic acids is 1. The number of benzene rings is 2. The van der Waals surface area contributed by atoms with Crippen LogP contribution >= 0.6 is 23.2 Å². The minimum Gasteiger partial charge on any atom is -0.482 e. The number of likely N-dealkylation sites (tertiary alicyclic amines) is 1. The maximum atomic E-state index is 12.4. The Labute approximate surface area is 151 Å². The molecular formula is C18H18Cl2N2O2. The summed E-state index contributed by atoms with van der Waals surface area (Å²) in [6, 6.07) is 14.9. The van der Waals surface area contributed by atoms with Crippen molar-refractivity contribution in [1.82, 2.24) is 4.90 Å². The summed E-state index contributed by atoms with van der Waals surface area (Å²) in [5, 5.41) is 0.908. The second kappa shape index (κ2) is 7.43. The standard InChI is InChI=1S/C18H18Cl2N2O2/c19-13-6-7-17(15(20)8-13)24-11-18(23)22-9-14(16(21)10-22)12-4-2-1-3-5-12/h1-8,14,16H,9-11,21H2/t14-,16+/m0/s1. The third-order valence-electron chi connectivity index (χ3n) is 4.19. The van der Waals surface area contributed by atoms with Gasteiger partial charge in [-0.05, 0) is 23.8 Å². The zero-order valence-corrected chi connectivity index (χ0v) is 14.5. The van der Waals surface area contributed by atoms with Crippen molar-refractivity contribution >= 4 is 29.1 Å². The molecule has 1 aliphatic heterocycles. The second-order valence-corrected chi connectivity index (χ2v) is 6.69. The van der Waals surface area contributed by atoms with Crippen LogP contribution < -0.4 is 10.5 Å². The molecule has 2 N–H and O–H groups in total. The highest BCUT2D eigenvalue weighted by Crippen LogP contribution is 2.29. The number of ether oxygens (including phenoxy) is 1. The molecule has 2 aromatic carbocycles. The molecule has 2 atom stereocenters. The number of rotatable bonds is 4. The fourth-order valence-corrected chi connectivity index (χ4v) is 3.37. The summed E-state index contributed by atoms with van der Waals surface area (Å²) >= 11 is 11.9. The maximum Gasteiger partial charge on any atom is 0.260 e. The van der Waals surface area contributed by atoms with Gasteiger partial charge in [0, 0.05) is 30.1 Å². The lowest BCUT2D eigenvalue weighted by Crippen LogP contribution is -2.35. The molecule has 3 rings (SSSR count). The zero-order valence-electron chi connectivity index (χ0n) is 13.0. The summed E-state index contributed by atoms with van der Waals surface area (Å²) in [5.74, 6) is 0.488. The van der Waals surface area contributed by atoms with Gasteiger partial charge in [0.2, 0.25) is 0 Å². The summed E-state index contributed by atoms with van der Waals surface area (Å²) < 4.78 is 5.52. The fraction of sp³-hybridized carbons (Fsp3) is 0.278. The van der Waals surface area contributed by atoms with E-state index in [1.54, 1.807) is 23.1 Å². The molecule has 4 nitrogen and oxygen atoms in total. The van der Waals surface area contributed by atoms with Gasteiger partial charge in [0.05, 0.1) is 5.02 Å². The Kier molecular flexibility index (Phi) is 5.29. The van der Waals surface area contributed by atoms with Gasteiger partial charge in [0.15, 0.2) is 6.61 Å². The molecule has 1 saturated heterocycles. The monoisotopic (exact) mass is 364 g/mol. The van der Waals surface area contributed by atoms with Gasteiger partial charge in [-0.2, -0.15) is 0 Å². The third-order valence-corrected chi connectivity index (χ3v) is 4.72. The van der Waals surface area contributed by atoms with Crippen LogP contribution in [-0.2, 0) is 4.79 Å². The first-order valence-corrected chi connectivity index (χ1v) is 8.46. The second-order valence-electron chi connectivity index (χ2n) is 5.84. The van der Waals surface area contributed by atoms with Crippen molar-refractivity contribution in [2.45, 2.75) is 12.0 Å². The smallest absolute Gasteiger partial charge is 0.260 e. The van der Waals surface area contributed by atoms with Crippen molar-refractivity contribution in [2.24, 2.45) is 5.73 Å². The van der Waals surface area contributed by atoms with Crippen molar-refractivity contribution < 1.29 is 9.53 Å². The number of nitrogens with zero attached hydrogens (tertiary/aromatic N) is 1. The molecule has 126 valence electrons. The van der Waals surface area contributed by atoms with Crippen molar-refractivity contribution in [1.29, 1.82) is 0 Å². The molecule has 6 heteroatoms. The summed E-state index contributed by atoms with van der Waals surface area (Å²) in [6.45, 7) is 1.05. The minimum atomic E-state index is -0.102. The normalized spacial score (nSPS) is 20.2. The van der Waals surface area contributed by atoms with Gasteiger partial charge < -0.3 is 15.4 Å². The Hall–Kier alpha value is -1.75. The average molecular weight is 365 g/mol. The molecule has 1 aliphatic rings. The van der Waals surface area contributed by atoms with Gasteiger partial charge in [-0.3, -0.25) is 4.79 Å². The van der Waals surface area contributed by atoms with E-state index in [9.17, 15) is 4.79 Å². The number of halogens is 2. The molecule has 0 radical (unpaired) electrons. The Morgan fingerprint density at radius 1 is 1.17 bits per heavy atom. The lowest BCUT2D eigenvalue weighted by Gasteiger charge is -2.17. The lowest BCUT2D eigenvalue weighted by atomic mass is 9.95. The van der Waals surface area contributed by atoms with Crippen LogP contribution in [0.2, 0.25) is 10.0 Å². The van der Waals surface area contributed by atoms with E-state index in [0.29, 0.717) is 28.9 Å². The van der Waals surface area contributed by atoms with E-state index in [1.807, 2.05) is 30.3 Å². The molecule has 24 heavy (non-hydrogen) atoms. The molecule has 0 bridgehead atoms. The average Bonchev–Trinajstić information content (AvgIpc) is 2.96. The SMILES string of the molecule is N[C@@H]1CN(C(=O)COc2ccc(Cl)cc2Cl)C[C@H]1c1ccccc1. The van der Waals surface area contributed by atoms with Gasteiger partial charge in [-0.1, -0.05) is 53.5 Å². The topological polar surface area (TPSA) is 55.6 Å². The van der Waals surface area contributed by atoms with Gasteiger partial charge in [-0.15, -0.1) is 0 Å². The van der Waals surface area contributed by atoms with E-state index in [1.165, 1.54) is 0 Å². The highest BCUT2D eigenvalue weighted by molar-refractivity contribution is 6.35. The van der Waals surface area contributed by atoms with Crippen LogP contribution in [0.4, 0.5) is 0 Å². The van der Waals surface area contributed by atoms with Crippen LogP contribution in [0.1, 0.15) is 11.5 Å². The first-order valence-electron chi connectivity index (χ1n) is 7.71. The molecule has 1 amide bonds. The third kappa shape index (κ3) is 3.83. The first-order chi connectivity index (χ1) is 11.5. The Morgan fingerprint density at radius 2 is 1.92 bits per heavy atom. The fourth-order valence-electron chi connectivity index (χ4n) is 2.91.